The first-order valence-corrected chi connectivity index (χ1v) is 6.29. The van der Waals surface area contributed by atoms with Crippen LogP contribution >= 0.6 is 11.8 Å². The van der Waals surface area contributed by atoms with Gasteiger partial charge in [-0.05, 0) is 20.1 Å². The van der Waals surface area contributed by atoms with Crippen LogP contribution in [0.5, 0.6) is 0 Å². The molecule has 0 heterocycles. The van der Waals surface area contributed by atoms with Gasteiger partial charge in [-0.1, -0.05) is 0 Å². The minimum Gasteiger partial charge on any atom is -0.394 e. The van der Waals surface area contributed by atoms with E-state index in [1.54, 1.807) is 0 Å². The van der Waals surface area contributed by atoms with Gasteiger partial charge in [0.2, 0.25) is 0 Å². The molecule has 0 aromatic heterocycles. The van der Waals surface area contributed by atoms with Gasteiger partial charge >= 0.3 is 0 Å². The number of amides is 1. The summed E-state index contributed by atoms with van der Waals surface area (Å²) in [6, 6.07) is 0. The molecule has 0 bridgehead atoms. The van der Waals surface area contributed by atoms with Crippen molar-refractivity contribution in [3.05, 3.63) is 10.6 Å². The largest absolute Gasteiger partial charge is 0.394 e. The highest BCUT2D eigenvalue weighted by Gasteiger charge is 2.13. The third kappa shape index (κ3) is 4.87. The number of rotatable bonds is 7. The van der Waals surface area contributed by atoms with Gasteiger partial charge in [0.05, 0.1) is 18.1 Å². The lowest BCUT2D eigenvalue weighted by Gasteiger charge is -2.20. The van der Waals surface area contributed by atoms with Crippen LogP contribution in [0.2, 0.25) is 0 Å². The van der Waals surface area contributed by atoms with Crippen molar-refractivity contribution in [3.8, 4) is 0 Å². The monoisotopic (exact) mass is 248 g/mol. The van der Waals surface area contributed by atoms with Gasteiger partial charge in [-0.2, -0.15) is 0 Å². The van der Waals surface area contributed by atoms with Crippen LogP contribution in [0.15, 0.2) is 10.6 Å². The molecule has 0 unspecified atom stereocenters. The van der Waals surface area contributed by atoms with E-state index in [1.807, 2.05) is 32.1 Å². The molecule has 16 heavy (non-hydrogen) atoms. The molecule has 0 fully saturated rings. The number of thioether (sulfide) groups is 1. The lowest BCUT2D eigenvalue weighted by atomic mass is 10.3. The molecule has 94 valence electrons. The van der Waals surface area contributed by atoms with Crippen LogP contribution in [-0.4, -0.2) is 49.0 Å². The lowest BCUT2D eigenvalue weighted by molar-refractivity contribution is -0.129. The molecule has 0 radical (unpaired) electrons. The lowest BCUT2D eigenvalue weighted by Crippen LogP contribution is -2.28. The molecule has 0 rings (SSSR count). The topological polar surface area (TPSA) is 61.8 Å². The molecule has 1 amide bonds. The third-order valence-electron chi connectivity index (χ3n) is 2.14. The number of allylic oxidation sites excluding steroid dienone is 1. The zero-order valence-electron chi connectivity index (χ0n) is 10.2. The number of hydrogen-bond acceptors (Lipinski definition) is 5. The molecule has 0 atom stereocenters. The van der Waals surface area contributed by atoms with E-state index in [0.29, 0.717) is 4.91 Å². The van der Waals surface area contributed by atoms with E-state index in [9.17, 15) is 4.79 Å². The second-order valence-electron chi connectivity index (χ2n) is 3.14. The molecule has 0 saturated heterocycles. The predicted molar refractivity (Wildman–Crippen MR) is 65.7 cm³/mol. The number of hydrogen-bond donors (Lipinski definition) is 2. The summed E-state index contributed by atoms with van der Waals surface area (Å²) in [5.74, 6) is -0.279. The van der Waals surface area contributed by atoms with Gasteiger partial charge in [0.25, 0.3) is 5.91 Å². The Hall–Kier alpha value is -0.720. The molecular formula is C10H20N2O3S. The summed E-state index contributed by atoms with van der Waals surface area (Å²) < 4.78 is 0. The first-order chi connectivity index (χ1) is 7.58. The summed E-state index contributed by atoms with van der Waals surface area (Å²) in [5.41, 5.74) is 3.19. The molecule has 0 aliphatic rings. The molecule has 0 aliphatic heterocycles. The van der Waals surface area contributed by atoms with E-state index in [2.05, 4.69) is 5.48 Å². The van der Waals surface area contributed by atoms with Crippen LogP contribution in [0.25, 0.3) is 0 Å². The fraction of sp³-hybridized carbons (Fsp3) is 0.700. The van der Waals surface area contributed by atoms with Crippen LogP contribution in [0.1, 0.15) is 13.8 Å². The Bertz CT molecular complexity index is 256. The molecule has 0 saturated carbocycles. The quantitative estimate of drug-likeness (QED) is 0.392. The zero-order chi connectivity index (χ0) is 12.6. The fourth-order valence-corrected chi connectivity index (χ4v) is 1.70. The van der Waals surface area contributed by atoms with Crippen molar-refractivity contribution in [2.45, 2.75) is 13.8 Å². The number of aliphatic hydroxyl groups is 1. The van der Waals surface area contributed by atoms with Gasteiger partial charge in [-0.25, -0.2) is 5.48 Å². The summed E-state index contributed by atoms with van der Waals surface area (Å²) in [4.78, 5) is 19.1. The van der Waals surface area contributed by atoms with Crippen LogP contribution < -0.4 is 5.48 Å². The molecule has 5 nitrogen and oxygen atoms in total. The predicted octanol–water partition coefficient (Wildman–Crippen LogP) is 0.573. The highest BCUT2D eigenvalue weighted by atomic mass is 32.2. The van der Waals surface area contributed by atoms with Crippen LogP contribution in [-0.2, 0) is 9.63 Å². The van der Waals surface area contributed by atoms with E-state index >= 15 is 0 Å². The van der Waals surface area contributed by atoms with Crippen molar-refractivity contribution < 1.29 is 14.7 Å². The number of hydroxylamine groups is 1. The molecule has 0 aromatic rings. The Morgan fingerprint density at radius 2 is 2.19 bits per heavy atom. The maximum atomic E-state index is 11.7. The highest BCUT2D eigenvalue weighted by molar-refractivity contribution is 8.03. The Kier molecular flexibility index (Phi) is 8.05. The second-order valence-corrected chi connectivity index (χ2v) is 3.95. The van der Waals surface area contributed by atoms with E-state index in [1.165, 1.54) is 11.8 Å². The van der Waals surface area contributed by atoms with Crippen LogP contribution in [0.3, 0.4) is 0 Å². The molecule has 6 heteroatoms. The van der Waals surface area contributed by atoms with Crippen molar-refractivity contribution in [2.75, 3.05) is 33.1 Å². The van der Waals surface area contributed by atoms with Crippen molar-refractivity contribution in [2.24, 2.45) is 0 Å². The smallest absolute Gasteiger partial charge is 0.282 e. The fourth-order valence-electron chi connectivity index (χ4n) is 1.02. The van der Waals surface area contributed by atoms with E-state index in [0.717, 1.165) is 12.2 Å². The average Bonchev–Trinajstić information content (AvgIpc) is 2.29. The number of aliphatic hydroxyl groups excluding tert-OH is 1. The number of nitrogens with one attached hydrogen (secondary N) is 1. The minimum atomic E-state index is -0.279. The standard InChI is InChI=1S/C10H20N2O3S/c1-5-12(3)8(2)9(16-4)10(14)11-15-7-6-13/h13H,5-7H2,1-4H3,(H,11,14)/b9-8-. The Morgan fingerprint density at radius 1 is 1.56 bits per heavy atom. The van der Waals surface area contributed by atoms with Crippen molar-refractivity contribution in [1.29, 1.82) is 0 Å². The van der Waals surface area contributed by atoms with Crippen molar-refractivity contribution in [1.82, 2.24) is 10.4 Å². The maximum Gasteiger partial charge on any atom is 0.282 e. The van der Waals surface area contributed by atoms with E-state index in [-0.39, 0.29) is 19.1 Å². The third-order valence-corrected chi connectivity index (χ3v) is 3.03. The normalized spacial score (nSPS) is 12.1. The summed E-state index contributed by atoms with van der Waals surface area (Å²) in [7, 11) is 1.92. The Labute approximate surface area is 101 Å². The Morgan fingerprint density at radius 3 is 2.62 bits per heavy atom. The van der Waals surface area contributed by atoms with Crippen LogP contribution in [0.4, 0.5) is 0 Å². The van der Waals surface area contributed by atoms with Gasteiger partial charge in [0.15, 0.2) is 0 Å². The summed E-state index contributed by atoms with van der Waals surface area (Å²) in [5, 5.41) is 8.51. The Balaban J connectivity index is 4.52. The molecular weight excluding hydrogens is 228 g/mol. The molecule has 0 aliphatic carbocycles. The number of nitrogens with zero attached hydrogens (tertiary/aromatic N) is 1. The van der Waals surface area contributed by atoms with E-state index < -0.39 is 0 Å². The molecule has 0 spiro atoms. The maximum absolute atomic E-state index is 11.7. The highest BCUT2D eigenvalue weighted by Crippen LogP contribution is 2.18. The molecule has 0 aromatic carbocycles. The number of carbonyl (C=O) groups is 1. The van der Waals surface area contributed by atoms with Gasteiger partial charge in [-0.15, -0.1) is 11.8 Å². The average molecular weight is 248 g/mol. The van der Waals surface area contributed by atoms with Gasteiger partial charge in [-0.3, -0.25) is 9.63 Å². The van der Waals surface area contributed by atoms with Crippen LogP contribution in [0, 0.1) is 0 Å². The minimum absolute atomic E-state index is 0.0933. The van der Waals surface area contributed by atoms with Crippen molar-refractivity contribution >= 4 is 17.7 Å². The number of carbonyl (C=O) groups excluding carboxylic acids is 1. The van der Waals surface area contributed by atoms with Crippen molar-refractivity contribution in [3.63, 3.8) is 0 Å². The van der Waals surface area contributed by atoms with Gasteiger partial charge < -0.3 is 10.0 Å². The molecule has 2 N–H and O–H groups in total. The summed E-state index contributed by atoms with van der Waals surface area (Å²) in [6.45, 7) is 4.71. The first kappa shape index (κ1) is 15.3. The van der Waals surface area contributed by atoms with Gasteiger partial charge in [0.1, 0.15) is 0 Å². The zero-order valence-corrected chi connectivity index (χ0v) is 11.1. The van der Waals surface area contributed by atoms with E-state index in [4.69, 9.17) is 9.94 Å². The first-order valence-electron chi connectivity index (χ1n) is 5.07. The second kappa shape index (κ2) is 8.43. The summed E-state index contributed by atoms with van der Waals surface area (Å²) >= 11 is 1.37. The van der Waals surface area contributed by atoms with Gasteiger partial charge in [0, 0.05) is 19.3 Å². The summed E-state index contributed by atoms with van der Waals surface area (Å²) in [6.07, 6.45) is 1.84. The SMILES string of the molecule is CCN(C)/C(C)=C(\SC)C(=O)NOCCO.